The SMILES string of the molecule is COC1C(CO)OC(O)C(NC(C)=O)C1O. The molecule has 7 heteroatoms. The zero-order valence-electron chi connectivity index (χ0n) is 9.16. The number of hydrogen-bond donors (Lipinski definition) is 4. The number of carbonyl (C=O) groups is 1. The van der Waals surface area contributed by atoms with Gasteiger partial charge in [-0.2, -0.15) is 0 Å². The summed E-state index contributed by atoms with van der Waals surface area (Å²) in [5, 5.41) is 30.7. The van der Waals surface area contributed by atoms with E-state index < -0.39 is 36.6 Å². The summed E-state index contributed by atoms with van der Waals surface area (Å²) in [6.45, 7) is 0.874. The first-order valence-corrected chi connectivity index (χ1v) is 4.93. The zero-order valence-corrected chi connectivity index (χ0v) is 9.16. The van der Waals surface area contributed by atoms with Crippen LogP contribution in [0.5, 0.6) is 0 Å². The largest absolute Gasteiger partial charge is 0.394 e. The minimum absolute atomic E-state index is 0.389. The Morgan fingerprint density at radius 2 is 2.12 bits per heavy atom. The molecule has 0 aromatic rings. The summed E-state index contributed by atoms with van der Waals surface area (Å²) in [4.78, 5) is 10.9. The Balaban J connectivity index is 2.76. The third-order valence-corrected chi connectivity index (χ3v) is 2.51. The second kappa shape index (κ2) is 5.55. The van der Waals surface area contributed by atoms with Crippen molar-refractivity contribution in [2.45, 2.75) is 37.6 Å². The molecule has 16 heavy (non-hydrogen) atoms. The van der Waals surface area contributed by atoms with E-state index in [4.69, 9.17) is 14.6 Å². The molecule has 1 aliphatic rings. The van der Waals surface area contributed by atoms with E-state index in [2.05, 4.69) is 5.32 Å². The van der Waals surface area contributed by atoms with Gasteiger partial charge >= 0.3 is 0 Å². The molecule has 0 aromatic carbocycles. The van der Waals surface area contributed by atoms with E-state index in [1.165, 1.54) is 14.0 Å². The third kappa shape index (κ3) is 2.69. The summed E-state index contributed by atoms with van der Waals surface area (Å²) in [5.74, 6) is -0.399. The Morgan fingerprint density at radius 1 is 1.50 bits per heavy atom. The Labute approximate surface area is 93.0 Å². The molecule has 1 fully saturated rings. The summed E-state index contributed by atoms with van der Waals surface area (Å²) in [7, 11) is 1.35. The van der Waals surface area contributed by atoms with Gasteiger partial charge in [0.1, 0.15) is 24.4 Å². The Bertz CT molecular complexity index is 248. The molecule has 4 N–H and O–H groups in total. The molecule has 1 saturated heterocycles. The Morgan fingerprint density at radius 3 is 2.56 bits per heavy atom. The molecule has 0 aromatic heterocycles. The van der Waals surface area contributed by atoms with E-state index in [-0.39, 0.29) is 6.61 Å². The third-order valence-electron chi connectivity index (χ3n) is 2.51. The van der Waals surface area contributed by atoms with Crippen LogP contribution in [0.2, 0.25) is 0 Å². The quantitative estimate of drug-likeness (QED) is 0.433. The van der Waals surface area contributed by atoms with Gasteiger partial charge < -0.3 is 30.1 Å². The van der Waals surface area contributed by atoms with Crippen LogP contribution >= 0.6 is 0 Å². The van der Waals surface area contributed by atoms with Crippen molar-refractivity contribution >= 4 is 5.91 Å². The topological polar surface area (TPSA) is 108 Å². The van der Waals surface area contributed by atoms with Crippen LogP contribution in [0.25, 0.3) is 0 Å². The minimum Gasteiger partial charge on any atom is -0.394 e. The van der Waals surface area contributed by atoms with Crippen molar-refractivity contribution in [3.63, 3.8) is 0 Å². The van der Waals surface area contributed by atoms with Crippen molar-refractivity contribution in [3.05, 3.63) is 0 Å². The normalized spacial score (nSPS) is 39.4. The maximum atomic E-state index is 10.9. The highest BCUT2D eigenvalue weighted by molar-refractivity contribution is 5.73. The van der Waals surface area contributed by atoms with Crippen molar-refractivity contribution in [1.82, 2.24) is 5.32 Å². The van der Waals surface area contributed by atoms with Crippen LogP contribution in [0, 0.1) is 0 Å². The highest BCUT2D eigenvalue weighted by Crippen LogP contribution is 2.21. The smallest absolute Gasteiger partial charge is 0.217 e. The number of nitrogens with one attached hydrogen (secondary N) is 1. The number of rotatable bonds is 3. The molecule has 0 radical (unpaired) electrons. The maximum Gasteiger partial charge on any atom is 0.217 e. The lowest BCUT2D eigenvalue weighted by Crippen LogP contribution is -2.64. The molecule has 1 aliphatic heterocycles. The Hall–Kier alpha value is -0.730. The number of hydrogen-bond acceptors (Lipinski definition) is 6. The van der Waals surface area contributed by atoms with Gasteiger partial charge in [0.2, 0.25) is 5.91 Å². The molecule has 94 valence electrons. The zero-order chi connectivity index (χ0) is 12.3. The van der Waals surface area contributed by atoms with Gasteiger partial charge in [-0.3, -0.25) is 4.79 Å². The second-order valence-electron chi connectivity index (χ2n) is 3.66. The number of aliphatic hydroxyl groups is 3. The molecule has 0 saturated carbocycles. The minimum atomic E-state index is -1.37. The van der Waals surface area contributed by atoms with Gasteiger partial charge in [-0.05, 0) is 0 Å². The van der Waals surface area contributed by atoms with Crippen LogP contribution in [0.4, 0.5) is 0 Å². The number of amides is 1. The fourth-order valence-electron chi connectivity index (χ4n) is 1.76. The van der Waals surface area contributed by atoms with Gasteiger partial charge in [-0.1, -0.05) is 0 Å². The van der Waals surface area contributed by atoms with Crippen LogP contribution in [0.1, 0.15) is 6.92 Å². The van der Waals surface area contributed by atoms with Gasteiger partial charge in [0.05, 0.1) is 6.61 Å². The van der Waals surface area contributed by atoms with Gasteiger partial charge in [0.15, 0.2) is 6.29 Å². The molecule has 0 bridgehead atoms. The molecule has 1 heterocycles. The predicted molar refractivity (Wildman–Crippen MR) is 52.4 cm³/mol. The van der Waals surface area contributed by atoms with E-state index in [1.54, 1.807) is 0 Å². The van der Waals surface area contributed by atoms with Crippen molar-refractivity contribution < 1.29 is 29.6 Å². The highest BCUT2D eigenvalue weighted by atomic mass is 16.6. The summed E-state index contributed by atoms with van der Waals surface area (Å²) >= 11 is 0. The van der Waals surface area contributed by atoms with Crippen molar-refractivity contribution in [2.24, 2.45) is 0 Å². The average molecular weight is 235 g/mol. The van der Waals surface area contributed by atoms with Crippen LogP contribution in [-0.2, 0) is 14.3 Å². The number of methoxy groups -OCH3 is 1. The van der Waals surface area contributed by atoms with E-state index in [0.29, 0.717) is 0 Å². The van der Waals surface area contributed by atoms with Gasteiger partial charge in [0.25, 0.3) is 0 Å². The van der Waals surface area contributed by atoms with E-state index >= 15 is 0 Å². The lowest BCUT2D eigenvalue weighted by Gasteiger charge is -2.41. The monoisotopic (exact) mass is 235 g/mol. The van der Waals surface area contributed by atoms with Crippen molar-refractivity contribution in [3.8, 4) is 0 Å². The summed E-state index contributed by atoms with van der Waals surface area (Å²) in [6, 6.07) is -0.967. The molecule has 5 atom stereocenters. The van der Waals surface area contributed by atoms with Crippen LogP contribution in [-0.4, -0.2) is 65.6 Å². The molecule has 7 nitrogen and oxygen atoms in total. The van der Waals surface area contributed by atoms with Crippen LogP contribution < -0.4 is 5.32 Å². The number of ether oxygens (including phenoxy) is 2. The van der Waals surface area contributed by atoms with Crippen LogP contribution in [0.3, 0.4) is 0 Å². The molecular formula is C9H17NO6. The van der Waals surface area contributed by atoms with Crippen molar-refractivity contribution in [1.29, 1.82) is 0 Å². The lowest BCUT2D eigenvalue weighted by molar-refractivity contribution is -0.258. The molecule has 5 unspecified atom stereocenters. The van der Waals surface area contributed by atoms with Gasteiger partial charge in [-0.25, -0.2) is 0 Å². The molecule has 1 rings (SSSR count). The summed E-state index contributed by atoms with van der Waals surface area (Å²) in [5.41, 5.74) is 0. The second-order valence-corrected chi connectivity index (χ2v) is 3.66. The maximum absolute atomic E-state index is 10.9. The van der Waals surface area contributed by atoms with E-state index in [1.807, 2.05) is 0 Å². The first-order valence-electron chi connectivity index (χ1n) is 4.93. The van der Waals surface area contributed by atoms with Crippen LogP contribution in [0.15, 0.2) is 0 Å². The summed E-state index contributed by atoms with van der Waals surface area (Å²) in [6.07, 6.45) is -4.14. The first-order chi connectivity index (χ1) is 7.51. The fourth-order valence-corrected chi connectivity index (χ4v) is 1.76. The average Bonchev–Trinajstić information content (AvgIpc) is 2.23. The van der Waals surface area contributed by atoms with Gasteiger partial charge in [0, 0.05) is 14.0 Å². The molecular weight excluding hydrogens is 218 g/mol. The fraction of sp³-hybridized carbons (Fsp3) is 0.889. The molecule has 0 aliphatic carbocycles. The Kier molecular flexibility index (Phi) is 4.63. The molecule has 0 spiro atoms. The van der Waals surface area contributed by atoms with E-state index in [9.17, 15) is 15.0 Å². The number of aliphatic hydroxyl groups excluding tert-OH is 3. The van der Waals surface area contributed by atoms with E-state index in [0.717, 1.165) is 0 Å². The highest BCUT2D eigenvalue weighted by Gasteiger charge is 2.44. The molecule has 1 amide bonds. The number of carbonyl (C=O) groups excluding carboxylic acids is 1. The van der Waals surface area contributed by atoms with Crippen molar-refractivity contribution in [2.75, 3.05) is 13.7 Å². The lowest BCUT2D eigenvalue weighted by atomic mass is 9.97. The standard InChI is InChI=1S/C9H17NO6/c1-4(12)10-6-7(13)8(15-2)5(3-11)16-9(6)14/h5-9,11,13-14H,3H2,1-2H3,(H,10,12). The predicted octanol–water partition coefficient (Wildman–Crippen LogP) is -2.42. The first kappa shape index (κ1) is 13.3. The summed E-state index contributed by atoms with van der Waals surface area (Å²) < 4.78 is 10.00. The van der Waals surface area contributed by atoms with Gasteiger partial charge in [-0.15, -0.1) is 0 Å².